The summed E-state index contributed by atoms with van der Waals surface area (Å²) in [6.45, 7) is -2.41. The quantitative estimate of drug-likeness (QED) is 0.246. The van der Waals surface area contributed by atoms with Crippen LogP contribution in [0.5, 0.6) is 5.75 Å². The highest BCUT2D eigenvalue weighted by atomic mass is 35.5. The normalized spacial score (nSPS) is 14.4. The number of ether oxygens (including phenoxy) is 2. The number of pyridine rings is 1. The summed E-state index contributed by atoms with van der Waals surface area (Å²) >= 11 is 6.11. The Morgan fingerprint density at radius 1 is 1.21 bits per heavy atom. The SMILES string of the molecule is CCOC(=O)N(C(=O)c1cc(-c2cnn(-c3c(OC(F)F)c(C(F)(F)C(F)(F)F)nn3C)c2)cnc1Cl)C1(C#N)CC1. The van der Waals surface area contributed by atoms with E-state index in [1.165, 1.54) is 6.92 Å². The smallest absolute Gasteiger partial charge is 0.449 e. The molecule has 1 saturated carbocycles. The third-order valence-electron chi connectivity index (χ3n) is 6.05. The maximum Gasteiger partial charge on any atom is 0.459 e. The van der Waals surface area contributed by atoms with Gasteiger partial charge in [0, 0.05) is 30.6 Å². The lowest BCUT2D eigenvalue weighted by molar-refractivity contribution is -0.291. The third kappa shape index (κ3) is 5.31. The van der Waals surface area contributed by atoms with Crippen LogP contribution in [0.15, 0.2) is 24.7 Å². The van der Waals surface area contributed by atoms with Crippen molar-refractivity contribution in [1.82, 2.24) is 29.4 Å². The number of nitrogens with zero attached hydrogens (tertiary/aromatic N) is 7. The van der Waals surface area contributed by atoms with Crippen molar-refractivity contribution < 1.29 is 49.8 Å². The summed E-state index contributed by atoms with van der Waals surface area (Å²) in [5, 5.41) is 16.1. The first-order valence-corrected chi connectivity index (χ1v) is 12.1. The van der Waals surface area contributed by atoms with Gasteiger partial charge in [-0.15, -0.1) is 0 Å². The van der Waals surface area contributed by atoms with Gasteiger partial charge < -0.3 is 9.47 Å². The number of aryl methyl sites for hydroxylation is 1. The molecule has 11 nitrogen and oxygen atoms in total. The first-order valence-electron chi connectivity index (χ1n) is 11.7. The Bertz CT molecular complexity index is 1580. The fourth-order valence-corrected chi connectivity index (χ4v) is 4.08. The molecular weight excluding hydrogens is 607 g/mol. The van der Waals surface area contributed by atoms with Gasteiger partial charge in [0.2, 0.25) is 0 Å². The monoisotopic (exact) mass is 623 g/mol. The molecule has 0 spiro atoms. The third-order valence-corrected chi connectivity index (χ3v) is 6.35. The van der Waals surface area contributed by atoms with Crippen LogP contribution in [0.2, 0.25) is 5.15 Å². The first kappa shape index (κ1) is 30.6. The summed E-state index contributed by atoms with van der Waals surface area (Å²) in [6, 6.07) is 3.06. The standard InChI is InChI=1S/C23H17ClF7N7O4/c1-3-41-20(40)38(21(10-32)4-5-21)18(39)13-6-11(7-33-16(13)24)12-8-34-37(9-12)17-14(42-19(25)26)15(35-36(17)2)22(27,28)23(29,30)31/h6-9,19H,3-5H2,1-2H3. The van der Waals surface area contributed by atoms with E-state index in [1.807, 2.05) is 6.07 Å². The Morgan fingerprint density at radius 3 is 2.43 bits per heavy atom. The van der Waals surface area contributed by atoms with Crippen LogP contribution < -0.4 is 4.74 Å². The number of halogens is 8. The molecule has 3 aromatic heterocycles. The predicted octanol–water partition coefficient (Wildman–Crippen LogP) is 5.23. The summed E-state index contributed by atoms with van der Waals surface area (Å²) in [5.41, 5.74) is -3.79. The Balaban J connectivity index is 1.77. The number of carbonyl (C=O) groups is 2. The van der Waals surface area contributed by atoms with Crippen molar-refractivity contribution in [2.45, 2.75) is 44.0 Å². The number of hydrogen-bond donors (Lipinski definition) is 0. The molecule has 0 atom stereocenters. The van der Waals surface area contributed by atoms with Crippen LogP contribution in [0, 0.1) is 11.3 Å². The number of aromatic nitrogens is 5. The van der Waals surface area contributed by atoms with Gasteiger partial charge in [-0.05, 0) is 25.8 Å². The van der Waals surface area contributed by atoms with Crippen LogP contribution in [0.4, 0.5) is 35.5 Å². The van der Waals surface area contributed by atoms with Gasteiger partial charge in [0.05, 0.1) is 24.4 Å². The van der Waals surface area contributed by atoms with E-state index in [2.05, 4.69) is 19.9 Å². The van der Waals surface area contributed by atoms with Crippen molar-refractivity contribution in [3.05, 3.63) is 41.1 Å². The fourth-order valence-electron chi connectivity index (χ4n) is 3.89. The van der Waals surface area contributed by atoms with Crippen LogP contribution in [0.1, 0.15) is 35.8 Å². The van der Waals surface area contributed by atoms with Crippen LogP contribution in [0.25, 0.3) is 16.9 Å². The van der Waals surface area contributed by atoms with E-state index in [4.69, 9.17) is 16.3 Å². The number of imide groups is 1. The molecule has 2 amide bonds. The van der Waals surface area contributed by atoms with Crippen molar-refractivity contribution in [2.75, 3.05) is 6.61 Å². The van der Waals surface area contributed by atoms with Crippen LogP contribution in [-0.4, -0.2) is 66.4 Å². The summed E-state index contributed by atoms with van der Waals surface area (Å²) < 4.78 is 104. The molecule has 1 aliphatic rings. The summed E-state index contributed by atoms with van der Waals surface area (Å²) in [4.78, 5) is 30.5. The van der Waals surface area contributed by atoms with Gasteiger partial charge in [-0.25, -0.2) is 24.0 Å². The maximum absolute atomic E-state index is 14.1. The molecule has 19 heteroatoms. The number of alkyl halides is 7. The molecule has 0 radical (unpaired) electrons. The second kappa shape index (κ2) is 10.8. The topological polar surface area (TPSA) is 128 Å². The second-order valence-corrected chi connectivity index (χ2v) is 9.15. The van der Waals surface area contributed by atoms with E-state index in [9.17, 15) is 45.6 Å². The molecule has 0 saturated heterocycles. The highest BCUT2D eigenvalue weighted by molar-refractivity contribution is 6.33. The molecule has 3 aromatic rings. The largest absolute Gasteiger partial charge is 0.459 e. The van der Waals surface area contributed by atoms with E-state index >= 15 is 0 Å². The number of hydrogen-bond acceptors (Lipinski definition) is 8. The van der Waals surface area contributed by atoms with E-state index in [-0.39, 0.29) is 41.3 Å². The van der Waals surface area contributed by atoms with Gasteiger partial charge >= 0.3 is 24.8 Å². The minimum Gasteiger partial charge on any atom is -0.449 e. The van der Waals surface area contributed by atoms with Gasteiger partial charge in [0.1, 0.15) is 10.7 Å². The predicted molar refractivity (Wildman–Crippen MR) is 126 cm³/mol. The lowest BCUT2D eigenvalue weighted by Crippen LogP contribution is -2.46. The second-order valence-electron chi connectivity index (χ2n) is 8.79. The molecule has 0 aliphatic heterocycles. The molecule has 0 N–H and O–H groups in total. The van der Waals surface area contributed by atoms with E-state index in [0.29, 0.717) is 14.3 Å². The zero-order chi connectivity index (χ0) is 31.2. The highest BCUT2D eigenvalue weighted by Gasteiger charge is 2.63. The molecule has 1 fully saturated rings. The fraction of sp³-hybridized carbons (Fsp3) is 0.391. The minimum absolute atomic E-state index is 0.0469. The molecule has 1 aliphatic carbocycles. The molecule has 0 bridgehead atoms. The molecular formula is C23H17ClF7N7O4. The first-order chi connectivity index (χ1) is 19.6. The van der Waals surface area contributed by atoms with Crippen molar-refractivity contribution >= 4 is 23.6 Å². The van der Waals surface area contributed by atoms with E-state index in [1.54, 1.807) is 0 Å². The highest BCUT2D eigenvalue weighted by Crippen LogP contribution is 2.48. The minimum atomic E-state index is -6.19. The number of nitriles is 1. The van der Waals surface area contributed by atoms with Crippen molar-refractivity contribution in [3.63, 3.8) is 0 Å². The van der Waals surface area contributed by atoms with Crippen LogP contribution in [0.3, 0.4) is 0 Å². The zero-order valence-electron chi connectivity index (χ0n) is 21.3. The van der Waals surface area contributed by atoms with Crippen LogP contribution >= 0.6 is 11.6 Å². The maximum atomic E-state index is 14.1. The van der Waals surface area contributed by atoms with Gasteiger partial charge in [-0.3, -0.25) is 4.79 Å². The van der Waals surface area contributed by atoms with E-state index in [0.717, 1.165) is 31.7 Å². The van der Waals surface area contributed by atoms with Crippen molar-refractivity contribution in [2.24, 2.45) is 7.05 Å². The molecule has 42 heavy (non-hydrogen) atoms. The molecule has 224 valence electrons. The number of carbonyl (C=O) groups excluding carboxylic acids is 2. The lowest BCUT2D eigenvalue weighted by Gasteiger charge is -2.24. The molecule has 3 heterocycles. The van der Waals surface area contributed by atoms with Gasteiger partial charge in [0.15, 0.2) is 17.3 Å². The molecule has 4 rings (SSSR count). The van der Waals surface area contributed by atoms with Crippen LogP contribution in [-0.2, 0) is 17.7 Å². The lowest BCUT2D eigenvalue weighted by atomic mass is 10.1. The van der Waals surface area contributed by atoms with Gasteiger partial charge in [-0.1, -0.05) is 11.6 Å². The Kier molecular flexibility index (Phi) is 7.84. The zero-order valence-corrected chi connectivity index (χ0v) is 22.1. The van der Waals surface area contributed by atoms with Gasteiger partial charge in [-0.2, -0.15) is 46.2 Å². The van der Waals surface area contributed by atoms with Crippen molar-refractivity contribution in [3.8, 4) is 28.8 Å². The number of amides is 2. The molecule has 0 unspecified atom stereocenters. The van der Waals surface area contributed by atoms with Gasteiger partial charge in [0.25, 0.3) is 5.91 Å². The Labute approximate surface area is 236 Å². The summed E-state index contributed by atoms with van der Waals surface area (Å²) in [5.74, 6) is -9.06. The van der Waals surface area contributed by atoms with E-state index < -0.39 is 53.5 Å². The van der Waals surface area contributed by atoms with Crippen molar-refractivity contribution in [1.29, 1.82) is 5.26 Å². The number of rotatable bonds is 8. The Hall–Kier alpha value is -4.40. The Morgan fingerprint density at radius 2 is 1.88 bits per heavy atom. The summed E-state index contributed by atoms with van der Waals surface area (Å²) in [7, 11) is 0.901. The average molecular weight is 624 g/mol. The summed E-state index contributed by atoms with van der Waals surface area (Å²) in [6.07, 6.45) is -3.71. The molecule has 0 aromatic carbocycles. The average Bonchev–Trinajstić information content (AvgIpc) is 3.40.